The molecule has 0 N–H and O–H groups in total. The van der Waals surface area contributed by atoms with E-state index in [2.05, 4.69) is 0 Å². The number of ketones is 2. The fourth-order valence-electron chi connectivity index (χ4n) is 1.69. The Hall–Kier alpha value is -2.42. The molecule has 19 heavy (non-hydrogen) atoms. The van der Waals surface area contributed by atoms with Gasteiger partial charge in [0.25, 0.3) is 0 Å². The lowest BCUT2D eigenvalue weighted by molar-refractivity contribution is -0.116. The second-order valence-corrected chi connectivity index (χ2v) is 4.24. The molecule has 0 saturated heterocycles. The Labute approximate surface area is 111 Å². The second-order valence-electron chi connectivity index (χ2n) is 4.24. The number of Topliss-reactive ketones (excluding diaryl/α,β-unsaturated/α-hetero) is 2. The van der Waals surface area contributed by atoms with E-state index < -0.39 is 0 Å². The molecule has 96 valence electrons. The number of hydrogen-bond acceptors (Lipinski definition) is 3. The third kappa shape index (κ3) is 3.78. The molecule has 0 atom stereocenters. The highest BCUT2D eigenvalue weighted by molar-refractivity contribution is 6.07. The van der Waals surface area contributed by atoms with Gasteiger partial charge in [-0.25, -0.2) is 0 Å². The van der Waals surface area contributed by atoms with E-state index in [-0.39, 0.29) is 18.0 Å². The molecule has 3 nitrogen and oxygen atoms in total. The van der Waals surface area contributed by atoms with Gasteiger partial charge in [0.15, 0.2) is 5.78 Å². The van der Waals surface area contributed by atoms with Gasteiger partial charge in [-0.1, -0.05) is 30.3 Å². The molecule has 0 aromatic heterocycles. The first-order chi connectivity index (χ1) is 9.15. The molecule has 0 aliphatic carbocycles. The number of para-hydroxylation sites is 1. The predicted octanol–water partition coefficient (Wildman–Crippen LogP) is 3.64. The zero-order valence-electron chi connectivity index (χ0n) is 10.6. The smallest absolute Gasteiger partial charge is 0.170 e. The van der Waals surface area contributed by atoms with Gasteiger partial charge in [0.05, 0.1) is 6.42 Å². The number of ether oxygens (including phenoxy) is 1. The topological polar surface area (TPSA) is 43.4 Å². The van der Waals surface area contributed by atoms with Crippen LogP contribution in [0.3, 0.4) is 0 Å². The fraction of sp³-hybridized carbons (Fsp3) is 0.125. The van der Waals surface area contributed by atoms with E-state index in [0.717, 1.165) is 0 Å². The lowest BCUT2D eigenvalue weighted by Gasteiger charge is -2.06. The van der Waals surface area contributed by atoms with Gasteiger partial charge < -0.3 is 4.74 Å². The van der Waals surface area contributed by atoms with Crippen molar-refractivity contribution in [2.24, 2.45) is 0 Å². The zero-order valence-corrected chi connectivity index (χ0v) is 10.6. The van der Waals surface area contributed by atoms with Crippen LogP contribution < -0.4 is 4.74 Å². The third-order valence-corrected chi connectivity index (χ3v) is 2.54. The van der Waals surface area contributed by atoms with E-state index in [4.69, 9.17) is 4.74 Å². The summed E-state index contributed by atoms with van der Waals surface area (Å²) in [7, 11) is 0. The number of benzene rings is 2. The van der Waals surface area contributed by atoms with Gasteiger partial charge in [-0.05, 0) is 31.2 Å². The third-order valence-electron chi connectivity index (χ3n) is 2.54. The molecule has 2 rings (SSSR count). The summed E-state index contributed by atoms with van der Waals surface area (Å²) in [5, 5.41) is 0. The molecule has 0 aliphatic heterocycles. The van der Waals surface area contributed by atoms with Crippen LogP contribution >= 0.6 is 0 Å². The van der Waals surface area contributed by atoms with Gasteiger partial charge in [0.2, 0.25) is 0 Å². The van der Waals surface area contributed by atoms with Crippen molar-refractivity contribution in [3.8, 4) is 11.5 Å². The van der Waals surface area contributed by atoms with Gasteiger partial charge in [-0.2, -0.15) is 0 Å². The van der Waals surface area contributed by atoms with E-state index in [0.29, 0.717) is 17.1 Å². The molecule has 0 unspecified atom stereocenters. The Kier molecular flexibility index (Phi) is 4.08. The summed E-state index contributed by atoms with van der Waals surface area (Å²) in [5.74, 6) is 0.963. The number of hydrogen-bond donors (Lipinski definition) is 0. The maximum Gasteiger partial charge on any atom is 0.170 e. The Balaban J connectivity index is 2.15. The standard InChI is InChI=1S/C16H14O3/c1-12(17)10-16(18)13-6-5-9-15(11-13)19-14-7-3-2-4-8-14/h2-9,11H,10H2,1H3. The summed E-state index contributed by atoms with van der Waals surface area (Å²) < 4.78 is 5.64. The van der Waals surface area contributed by atoms with Crippen molar-refractivity contribution in [1.82, 2.24) is 0 Å². The van der Waals surface area contributed by atoms with Gasteiger partial charge in [0, 0.05) is 5.56 Å². The zero-order chi connectivity index (χ0) is 13.7. The first-order valence-corrected chi connectivity index (χ1v) is 6.01. The highest BCUT2D eigenvalue weighted by Gasteiger charge is 2.09. The van der Waals surface area contributed by atoms with Crippen LogP contribution in [0.2, 0.25) is 0 Å². The van der Waals surface area contributed by atoms with Crippen LogP contribution in [0.4, 0.5) is 0 Å². The van der Waals surface area contributed by atoms with Crippen molar-refractivity contribution >= 4 is 11.6 Å². The van der Waals surface area contributed by atoms with Crippen molar-refractivity contribution in [2.75, 3.05) is 0 Å². The molecule has 0 amide bonds. The lowest BCUT2D eigenvalue weighted by Crippen LogP contribution is -2.04. The van der Waals surface area contributed by atoms with E-state index in [9.17, 15) is 9.59 Å². The number of carbonyl (C=O) groups is 2. The van der Waals surface area contributed by atoms with Crippen LogP contribution in [-0.4, -0.2) is 11.6 Å². The van der Waals surface area contributed by atoms with E-state index >= 15 is 0 Å². The average Bonchev–Trinajstić information content (AvgIpc) is 2.39. The van der Waals surface area contributed by atoms with Gasteiger partial charge in [-0.3, -0.25) is 9.59 Å². The van der Waals surface area contributed by atoms with Gasteiger partial charge in [0.1, 0.15) is 17.3 Å². The highest BCUT2D eigenvalue weighted by atomic mass is 16.5. The quantitative estimate of drug-likeness (QED) is 0.604. The van der Waals surface area contributed by atoms with E-state index in [1.54, 1.807) is 24.3 Å². The van der Waals surface area contributed by atoms with Crippen LogP contribution in [0.15, 0.2) is 54.6 Å². The minimum Gasteiger partial charge on any atom is -0.457 e. The van der Waals surface area contributed by atoms with Crippen LogP contribution in [0, 0.1) is 0 Å². The van der Waals surface area contributed by atoms with Crippen LogP contribution in [0.1, 0.15) is 23.7 Å². The van der Waals surface area contributed by atoms with Crippen molar-refractivity contribution in [1.29, 1.82) is 0 Å². The molecule has 3 heteroatoms. The van der Waals surface area contributed by atoms with E-state index in [1.807, 2.05) is 30.3 Å². The Morgan fingerprint density at radius 3 is 2.32 bits per heavy atom. The molecule has 0 spiro atoms. The molecule has 0 fully saturated rings. The summed E-state index contributed by atoms with van der Waals surface area (Å²) in [6.45, 7) is 1.40. The minimum absolute atomic E-state index is 0.0746. The summed E-state index contributed by atoms with van der Waals surface area (Å²) >= 11 is 0. The monoisotopic (exact) mass is 254 g/mol. The summed E-state index contributed by atoms with van der Waals surface area (Å²) in [6, 6.07) is 16.2. The van der Waals surface area contributed by atoms with Crippen molar-refractivity contribution < 1.29 is 14.3 Å². The molecular formula is C16H14O3. The van der Waals surface area contributed by atoms with Gasteiger partial charge in [-0.15, -0.1) is 0 Å². The molecule has 0 heterocycles. The van der Waals surface area contributed by atoms with Crippen LogP contribution in [0.25, 0.3) is 0 Å². The molecule has 0 saturated carbocycles. The predicted molar refractivity (Wildman–Crippen MR) is 72.6 cm³/mol. The Morgan fingerprint density at radius 1 is 0.947 bits per heavy atom. The average molecular weight is 254 g/mol. The maximum absolute atomic E-state index is 11.8. The van der Waals surface area contributed by atoms with Crippen molar-refractivity contribution in [3.05, 3.63) is 60.2 Å². The number of carbonyl (C=O) groups excluding carboxylic acids is 2. The normalized spacial score (nSPS) is 9.95. The molecular weight excluding hydrogens is 240 g/mol. The molecule has 0 bridgehead atoms. The van der Waals surface area contributed by atoms with E-state index in [1.165, 1.54) is 6.92 Å². The Morgan fingerprint density at radius 2 is 1.63 bits per heavy atom. The second kappa shape index (κ2) is 5.96. The van der Waals surface area contributed by atoms with Crippen LogP contribution in [-0.2, 0) is 4.79 Å². The summed E-state index contributed by atoms with van der Waals surface area (Å²) in [4.78, 5) is 22.7. The van der Waals surface area contributed by atoms with Crippen LogP contribution in [0.5, 0.6) is 11.5 Å². The first-order valence-electron chi connectivity index (χ1n) is 6.01. The maximum atomic E-state index is 11.8. The van der Waals surface area contributed by atoms with Crippen molar-refractivity contribution in [3.63, 3.8) is 0 Å². The molecule has 2 aromatic rings. The van der Waals surface area contributed by atoms with Crippen molar-refractivity contribution in [2.45, 2.75) is 13.3 Å². The molecule has 0 radical (unpaired) electrons. The largest absolute Gasteiger partial charge is 0.457 e. The molecule has 2 aromatic carbocycles. The number of rotatable bonds is 5. The molecule has 0 aliphatic rings. The highest BCUT2D eigenvalue weighted by Crippen LogP contribution is 2.22. The summed E-state index contributed by atoms with van der Waals surface area (Å²) in [5.41, 5.74) is 0.489. The Bertz CT molecular complexity index is 588. The SMILES string of the molecule is CC(=O)CC(=O)c1cccc(Oc2ccccc2)c1. The van der Waals surface area contributed by atoms with Gasteiger partial charge >= 0.3 is 0 Å². The minimum atomic E-state index is -0.189. The lowest BCUT2D eigenvalue weighted by atomic mass is 10.1. The summed E-state index contributed by atoms with van der Waals surface area (Å²) in [6.07, 6.45) is -0.0746. The first kappa shape index (κ1) is 13.0. The fourth-order valence-corrected chi connectivity index (χ4v) is 1.69.